The molecule has 3 rings (SSSR count). The number of H-pyrrole nitrogens is 1. The fourth-order valence-corrected chi connectivity index (χ4v) is 2.18. The molecule has 5 nitrogen and oxygen atoms in total. The minimum Gasteiger partial charge on any atom is -0.406 e. The van der Waals surface area contributed by atoms with E-state index >= 15 is 0 Å². The van der Waals surface area contributed by atoms with Gasteiger partial charge >= 0.3 is 6.36 Å². The molecule has 0 aliphatic carbocycles. The van der Waals surface area contributed by atoms with Gasteiger partial charge in [-0.25, -0.2) is 4.98 Å². The smallest absolute Gasteiger partial charge is 0.406 e. The number of imidazole rings is 1. The number of amides is 1. The summed E-state index contributed by atoms with van der Waals surface area (Å²) in [7, 11) is 0. The van der Waals surface area contributed by atoms with Gasteiger partial charge in [0.1, 0.15) is 11.6 Å². The van der Waals surface area contributed by atoms with Crippen molar-refractivity contribution in [1.29, 1.82) is 0 Å². The molecule has 0 saturated heterocycles. The van der Waals surface area contributed by atoms with Crippen LogP contribution in [-0.4, -0.2) is 22.2 Å². The van der Waals surface area contributed by atoms with Crippen LogP contribution in [0.3, 0.4) is 0 Å². The van der Waals surface area contributed by atoms with Crippen molar-refractivity contribution in [1.82, 2.24) is 9.97 Å². The number of carbonyl (C=O) groups is 1. The van der Waals surface area contributed by atoms with Gasteiger partial charge in [0.25, 0.3) is 5.91 Å². The molecule has 1 aliphatic heterocycles. The third-order valence-corrected chi connectivity index (χ3v) is 3.03. The Kier molecular flexibility index (Phi) is 3.16. The second-order valence-electron chi connectivity index (χ2n) is 4.69. The molecule has 2 heterocycles. The molecule has 0 radical (unpaired) electrons. The van der Waals surface area contributed by atoms with E-state index in [4.69, 9.17) is 0 Å². The lowest BCUT2D eigenvalue weighted by molar-refractivity contribution is -0.274. The number of hydrogen-bond acceptors (Lipinski definition) is 3. The molecule has 1 amide bonds. The normalized spacial score (nSPS) is 15.8. The number of carbonyl (C=O) groups excluding carboxylic acids is 1. The van der Waals surface area contributed by atoms with E-state index in [9.17, 15) is 18.0 Å². The van der Waals surface area contributed by atoms with Gasteiger partial charge in [0.05, 0.1) is 17.5 Å². The first-order valence-electron chi connectivity index (χ1n) is 6.27. The minimum atomic E-state index is -4.78. The molecule has 8 heteroatoms. The zero-order valence-electron chi connectivity index (χ0n) is 11.3. The Bertz CT molecular complexity index is 778. The van der Waals surface area contributed by atoms with Gasteiger partial charge in [-0.1, -0.05) is 0 Å². The van der Waals surface area contributed by atoms with Crippen LogP contribution in [0.15, 0.2) is 24.4 Å². The Morgan fingerprint density at radius 3 is 2.73 bits per heavy atom. The summed E-state index contributed by atoms with van der Waals surface area (Å²) in [5.74, 6) is -0.111. The maximum Gasteiger partial charge on any atom is 0.573 e. The third kappa shape index (κ3) is 2.80. The number of alkyl halides is 3. The number of fused-ring (bicyclic) bond motifs is 1. The number of ether oxygens (including phenoxy) is 1. The number of aryl methyl sites for hydroxylation is 1. The number of nitrogens with one attached hydrogen (secondary N) is 2. The van der Waals surface area contributed by atoms with Crippen LogP contribution in [0.5, 0.6) is 5.75 Å². The summed E-state index contributed by atoms with van der Waals surface area (Å²) in [5, 5.41) is 2.59. The van der Waals surface area contributed by atoms with Crippen LogP contribution in [0.25, 0.3) is 11.6 Å². The molecular formula is C14H10F3N3O2. The molecule has 0 unspecified atom stereocenters. The quantitative estimate of drug-likeness (QED) is 0.838. The maximum atomic E-state index is 12.3. The van der Waals surface area contributed by atoms with Crippen molar-refractivity contribution in [2.24, 2.45) is 0 Å². The van der Waals surface area contributed by atoms with Gasteiger partial charge in [-0.05, 0) is 31.2 Å². The number of hydrogen-bond donors (Lipinski definition) is 2. The lowest BCUT2D eigenvalue weighted by Gasteiger charge is -2.09. The monoisotopic (exact) mass is 309 g/mol. The van der Waals surface area contributed by atoms with E-state index in [2.05, 4.69) is 20.0 Å². The van der Waals surface area contributed by atoms with Crippen LogP contribution >= 0.6 is 0 Å². The van der Waals surface area contributed by atoms with Gasteiger partial charge in [0, 0.05) is 11.3 Å². The van der Waals surface area contributed by atoms with Crippen molar-refractivity contribution in [3.63, 3.8) is 0 Å². The topological polar surface area (TPSA) is 67.0 Å². The predicted octanol–water partition coefficient (Wildman–Crippen LogP) is 3.11. The lowest BCUT2D eigenvalue weighted by Crippen LogP contribution is -2.17. The number of halogens is 3. The highest BCUT2D eigenvalue weighted by atomic mass is 19.4. The Balaban J connectivity index is 2.00. The third-order valence-electron chi connectivity index (χ3n) is 3.03. The van der Waals surface area contributed by atoms with Crippen LogP contribution < -0.4 is 10.1 Å². The largest absolute Gasteiger partial charge is 0.573 e. The lowest BCUT2D eigenvalue weighted by atomic mass is 10.1. The standard InChI is InChI=1S/C14H10F3N3O2/c1-7-18-6-8(19-7)4-11-10-5-9(22-14(15,16)17)2-3-12(10)20-13(11)21/h2-6H,1H3,(H,18,19)(H,20,21). The average Bonchev–Trinajstić information content (AvgIpc) is 2.93. The summed E-state index contributed by atoms with van der Waals surface area (Å²) in [5.41, 5.74) is 1.60. The van der Waals surface area contributed by atoms with E-state index in [0.717, 1.165) is 6.07 Å². The summed E-state index contributed by atoms with van der Waals surface area (Å²) >= 11 is 0. The Hall–Kier alpha value is -2.77. The molecule has 0 saturated carbocycles. The van der Waals surface area contributed by atoms with Crippen molar-refractivity contribution in [2.75, 3.05) is 5.32 Å². The van der Waals surface area contributed by atoms with Gasteiger partial charge in [-0.15, -0.1) is 13.2 Å². The van der Waals surface area contributed by atoms with Crippen molar-refractivity contribution < 1.29 is 22.7 Å². The number of nitrogens with zero attached hydrogens (tertiary/aromatic N) is 1. The summed E-state index contributed by atoms with van der Waals surface area (Å²) in [6.07, 6.45) is -1.73. The van der Waals surface area contributed by atoms with Crippen LogP contribution in [0.1, 0.15) is 17.1 Å². The Morgan fingerprint density at radius 2 is 2.09 bits per heavy atom. The SMILES string of the molecule is Cc1ncc(C=C2C(=O)Nc3ccc(OC(F)(F)F)cc32)[nH]1. The van der Waals surface area contributed by atoms with E-state index in [0.29, 0.717) is 22.8 Å². The van der Waals surface area contributed by atoms with Crippen molar-refractivity contribution in [3.05, 3.63) is 41.5 Å². The first-order chi connectivity index (χ1) is 10.3. The highest BCUT2D eigenvalue weighted by Gasteiger charge is 2.32. The molecular weight excluding hydrogens is 299 g/mol. The number of aromatic amines is 1. The zero-order valence-corrected chi connectivity index (χ0v) is 11.3. The van der Waals surface area contributed by atoms with E-state index < -0.39 is 12.3 Å². The minimum absolute atomic E-state index is 0.242. The van der Waals surface area contributed by atoms with Gasteiger partial charge in [-0.2, -0.15) is 0 Å². The van der Waals surface area contributed by atoms with Crippen LogP contribution in [0.4, 0.5) is 18.9 Å². The van der Waals surface area contributed by atoms with Gasteiger partial charge in [0.2, 0.25) is 0 Å². The van der Waals surface area contributed by atoms with Gasteiger partial charge < -0.3 is 15.0 Å². The predicted molar refractivity (Wildman–Crippen MR) is 73.0 cm³/mol. The molecule has 1 aromatic carbocycles. The second-order valence-corrected chi connectivity index (χ2v) is 4.69. The van der Waals surface area contributed by atoms with Gasteiger partial charge in [0.15, 0.2) is 0 Å². The fraction of sp³-hybridized carbons (Fsp3) is 0.143. The van der Waals surface area contributed by atoms with Crippen molar-refractivity contribution in [2.45, 2.75) is 13.3 Å². The maximum absolute atomic E-state index is 12.3. The summed E-state index contributed by atoms with van der Waals surface area (Å²) in [4.78, 5) is 18.9. The zero-order chi connectivity index (χ0) is 15.9. The molecule has 0 bridgehead atoms. The van der Waals surface area contributed by atoms with Crippen LogP contribution in [-0.2, 0) is 4.79 Å². The summed E-state index contributed by atoms with van der Waals surface area (Å²) < 4.78 is 40.7. The van der Waals surface area contributed by atoms with Crippen molar-refractivity contribution in [3.8, 4) is 5.75 Å². The fourth-order valence-electron chi connectivity index (χ4n) is 2.18. The number of benzene rings is 1. The highest BCUT2D eigenvalue weighted by Crippen LogP contribution is 2.36. The highest BCUT2D eigenvalue weighted by molar-refractivity contribution is 6.34. The van der Waals surface area contributed by atoms with Crippen molar-refractivity contribution >= 4 is 23.2 Å². The molecule has 2 N–H and O–H groups in total. The molecule has 2 aromatic rings. The van der Waals surface area contributed by atoms with Gasteiger partial charge in [-0.3, -0.25) is 4.79 Å². The molecule has 0 atom stereocenters. The molecule has 1 aliphatic rings. The molecule has 0 fully saturated rings. The van der Waals surface area contributed by atoms with Crippen LogP contribution in [0, 0.1) is 6.92 Å². The summed E-state index contributed by atoms with van der Waals surface area (Å²) in [6.45, 7) is 1.75. The van der Waals surface area contributed by atoms with E-state index in [1.807, 2.05) is 0 Å². The first-order valence-corrected chi connectivity index (χ1v) is 6.27. The summed E-state index contributed by atoms with van der Waals surface area (Å²) in [6, 6.07) is 3.69. The average molecular weight is 309 g/mol. The van der Waals surface area contributed by atoms with E-state index in [1.165, 1.54) is 24.4 Å². The van der Waals surface area contributed by atoms with E-state index in [1.54, 1.807) is 6.92 Å². The number of aromatic nitrogens is 2. The second kappa shape index (κ2) is 4.90. The molecule has 114 valence electrons. The Labute approximate surface area is 122 Å². The van der Waals surface area contributed by atoms with E-state index in [-0.39, 0.29) is 11.3 Å². The molecule has 0 spiro atoms. The van der Waals surface area contributed by atoms with Crippen LogP contribution in [0.2, 0.25) is 0 Å². The Morgan fingerprint density at radius 1 is 1.32 bits per heavy atom. The first kappa shape index (κ1) is 14.2. The number of rotatable bonds is 2. The number of anilines is 1. The molecule has 22 heavy (non-hydrogen) atoms. The molecule has 1 aromatic heterocycles.